The fourth-order valence-electron chi connectivity index (χ4n) is 0.471. The van der Waals surface area contributed by atoms with Crippen LogP contribution < -0.4 is 4.89 Å². The summed E-state index contributed by atoms with van der Waals surface area (Å²) in [6.45, 7) is 10.7. The van der Waals surface area contributed by atoms with E-state index in [1.807, 2.05) is 0 Å². The van der Waals surface area contributed by atoms with Crippen LogP contribution >= 0.6 is 22.5 Å². The maximum absolute atomic E-state index is 6.04. The third-order valence-electron chi connectivity index (χ3n) is 1.16. The third kappa shape index (κ3) is 3.82. The molecule has 0 bridgehead atoms. The van der Waals surface area contributed by atoms with Crippen molar-refractivity contribution in [2.24, 2.45) is 0 Å². The smallest absolute Gasteiger partial charge is 0.343 e. The van der Waals surface area contributed by atoms with Gasteiger partial charge in [0.25, 0.3) is 7.55 Å². The quantitative estimate of drug-likeness (QED) is 0.536. The standard InChI is InChI=1S/C6H10BCl2NSi/c1-4-7(8)10-11(9,5-2)6-3/h4-6,10H,1-3H2. The number of hydrogen-bond donors (Lipinski definition) is 1. The van der Waals surface area contributed by atoms with Crippen LogP contribution in [-0.4, -0.2) is 13.8 Å². The van der Waals surface area contributed by atoms with Gasteiger partial charge < -0.3 is 4.89 Å². The minimum Gasteiger partial charge on any atom is -0.343 e. The molecule has 0 aliphatic heterocycles. The molecular weight excluding hydrogens is 196 g/mol. The minimum absolute atomic E-state index is 0.324. The highest BCUT2D eigenvalue weighted by molar-refractivity contribution is 7.30. The van der Waals surface area contributed by atoms with Gasteiger partial charge in [-0.15, -0.1) is 30.8 Å². The highest BCUT2D eigenvalue weighted by Gasteiger charge is 2.26. The van der Waals surface area contributed by atoms with Crippen LogP contribution in [0.1, 0.15) is 0 Å². The Morgan fingerprint density at radius 1 is 1.27 bits per heavy atom. The number of hydrogen-bond acceptors (Lipinski definition) is 1. The zero-order chi connectivity index (χ0) is 8.91. The van der Waals surface area contributed by atoms with E-state index >= 15 is 0 Å². The summed E-state index contributed by atoms with van der Waals surface area (Å²) < 4.78 is 0. The lowest BCUT2D eigenvalue weighted by Gasteiger charge is -2.17. The first-order chi connectivity index (χ1) is 5.08. The van der Waals surface area contributed by atoms with Gasteiger partial charge in [0.15, 0.2) is 0 Å². The molecular formula is C6H10BCl2NSi. The van der Waals surface area contributed by atoms with Gasteiger partial charge in [-0.1, -0.05) is 17.4 Å². The van der Waals surface area contributed by atoms with Crippen molar-refractivity contribution in [1.82, 2.24) is 4.89 Å². The molecule has 0 aromatic heterocycles. The van der Waals surface area contributed by atoms with Gasteiger partial charge in [-0.25, -0.2) is 0 Å². The lowest BCUT2D eigenvalue weighted by Crippen LogP contribution is -2.48. The Labute approximate surface area is 78.6 Å². The Morgan fingerprint density at radius 2 is 1.73 bits per heavy atom. The second-order valence-corrected chi connectivity index (χ2v) is 6.95. The van der Waals surface area contributed by atoms with Gasteiger partial charge in [-0.05, 0) is 0 Å². The van der Waals surface area contributed by atoms with Crippen molar-refractivity contribution in [1.29, 1.82) is 0 Å². The Hall–Kier alpha value is 0.0418. The summed E-state index contributed by atoms with van der Waals surface area (Å²) in [5.41, 5.74) is 3.31. The van der Waals surface area contributed by atoms with Gasteiger partial charge in [-0.2, -0.15) is 11.5 Å². The molecule has 0 unspecified atom stereocenters. The molecule has 0 rings (SSSR count). The molecule has 0 aliphatic carbocycles. The van der Waals surface area contributed by atoms with Crippen molar-refractivity contribution in [2.75, 3.05) is 0 Å². The molecule has 11 heavy (non-hydrogen) atoms. The van der Waals surface area contributed by atoms with Crippen LogP contribution in [0.5, 0.6) is 0 Å². The Morgan fingerprint density at radius 3 is 2.00 bits per heavy atom. The van der Waals surface area contributed by atoms with Gasteiger partial charge in [0, 0.05) is 0 Å². The summed E-state index contributed by atoms with van der Waals surface area (Å²) in [6, 6.07) is 0. The topological polar surface area (TPSA) is 12.0 Å². The van der Waals surface area contributed by atoms with Crippen molar-refractivity contribution in [2.45, 2.75) is 0 Å². The lowest BCUT2D eigenvalue weighted by molar-refractivity contribution is 1.53. The second-order valence-electron chi connectivity index (χ2n) is 1.96. The molecule has 0 aliphatic rings. The summed E-state index contributed by atoms with van der Waals surface area (Å²) in [5.74, 6) is 1.57. The minimum atomic E-state index is -2.23. The number of rotatable bonds is 5. The highest BCUT2D eigenvalue weighted by Crippen LogP contribution is 2.08. The first-order valence-electron chi connectivity index (χ1n) is 3.08. The molecule has 0 atom stereocenters. The SMILES string of the molecule is C=CB(Cl)N[Si](Cl)(C=C)C=C. The molecule has 0 amide bonds. The van der Waals surface area contributed by atoms with Crippen LogP contribution in [0.2, 0.25) is 0 Å². The van der Waals surface area contributed by atoms with Crippen LogP contribution in [0.4, 0.5) is 0 Å². The summed E-state index contributed by atoms with van der Waals surface area (Å²) in [6.07, 6.45) is -0.324. The van der Waals surface area contributed by atoms with Crippen LogP contribution in [0.15, 0.2) is 37.1 Å². The summed E-state index contributed by atoms with van der Waals surface area (Å²) in [4.78, 5) is 2.96. The maximum Gasteiger partial charge on any atom is 0.348 e. The molecule has 0 radical (unpaired) electrons. The van der Waals surface area contributed by atoms with Crippen LogP contribution in [0.25, 0.3) is 0 Å². The number of halogens is 2. The summed E-state index contributed by atoms with van der Waals surface area (Å²) in [5, 5.41) is 0. The van der Waals surface area contributed by atoms with E-state index in [0.717, 1.165) is 0 Å². The van der Waals surface area contributed by atoms with E-state index in [0.29, 0.717) is 0 Å². The average Bonchev–Trinajstić information content (AvgIpc) is 2.04. The average molecular weight is 206 g/mol. The van der Waals surface area contributed by atoms with Crippen LogP contribution in [-0.2, 0) is 0 Å². The Bertz CT molecular complexity index is 166. The predicted molar refractivity (Wildman–Crippen MR) is 56.9 cm³/mol. The van der Waals surface area contributed by atoms with E-state index in [2.05, 4.69) is 24.6 Å². The Kier molecular flexibility index (Phi) is 4.85. The van der Waals surface area contributed by atoms with E-state index < -0.39 is 7.55 Å². The fourth-order valence-corrected chi connectivity index (χ4v) is 2.48. The van der Waals surface area contributed by atoms with Gasteiger partial charge in [0.2, 0.25) is 0 Å². The van der Waals surface area contributed by atoms with Crippen LogP contribution in [0, 0.1) is 0 Å². The molecule has 5 heteroatoms. The highest BCUT2D eigenvalue weighted by atomic mass is 35.6. The molecule has 60 valence electrons. The van der Waals surface area contributed by atoms with Gasteiger partial charge in [0.1, 0.15) is 0 Å². The first-order valence-corrected chi connectivity index (χ1v) is 6.68. The zero-order valence-corrected chi connectivity index (χ0v) is 8.70. The van der Waals surface area contributed by atoms with E-state index in [1.165, 1.54) is 0 Å². The lowest BCUT2D eigenvalue weighted by atomic mass is 9.97. The van der Waals surface area contributed by atoms with Crippen molar-refractivity contribution in [3.8, 4) is 0 Å². The zero-order valence-electron chi connectivity index (χ0n) is 6.19. The van der Waals surface area contributed by atoms with Crippen LogP contribution in [0.3, 0.4) is 0 Å². The third-order valence-corrected chi connectivity index (χ3v) is 4.83. The monoisotopic (exact) mass is 205 g/mol. The largest absolute Gasteiger partial charge is 0.348 e. The van der Waals surface area contributed by atoms with Crippen molar-refractivity contribution in [3.63, 3.8) is 0 Å². The first kappa shape index (κ1) is 11.0. The molecule has 0 aromatic carbocycles. The van der Waals surface area contributed by atoms with Gasteiger partial charge in [0.05, 0.1) is 0 Å². The molecule has 0 heterocycles. The molecule has 0 spiro atoms. The predicted octanol–water partition coefficient (Wildman–Crippen LogP) is 2.16. The van der Waals surface area contributed by atoms with E-state index in [9.17, 15) is 0 Å². The Balaban J connectivity index is 4.17. The molecule has 1 N–H and O–H groups in total. The fraction of sp³-hybridized carbons (Fsp3) is 0. The van der Waals surface area contributed by atoms with Gasteiger partial charge in [-0.3, -0.25) is 0 Å². The molecule has 0 saturated heterocycles. The molecule has 0 saturated carbocycles. The molecule has 1 nitrogen and oxygen atoms in total. The normalized spacial score (nSPS) is 10.4. The molecule has 0 fully saturated rings. The van der Waals surface area contributed by atoms with Crippen molar-refractivity contribution >= 4 is 36.3 Å². The van der Waals surface area contributed by atoms with E-state index in [1.54, 1.807) is 17.4 Å². The van der Waals surface area contributed by atoms with Gasteiger partial charge >= 0.3 is 6.26 Å². The maximum atomic E-state index is 6.04. The summed E-state index contributed by atoms with van der Waals surface area (Å²) in [7, 11) is -2.23. The van der Waals surface area contributed by atoms with E-state index in [4.69, 9.17) is 22.5 Å². The van der Waals surface area contributed by atoms with Crippen molar-refractivity contribution in [3.05, 3.63) is 37.1 Å². The second kappa shape index (κ2) is 4.83. The molecule has 0 aromatic rings. The summed E-state index contributed by atoms with van der Waals surface area (Å²) >= 11 is 11.8. The van der Waals surface area contributed by atoms with Crippen molar-refractivity contribution < 1.29 is 0 Å². The number of nitrogens with one attached hydrogen (secondary N) is 1. The van der Waals surface area contributed by atoms with E-state index in [-0.39, 0.29) is 6.26 Å².